The number of aliphatic carboxylic acids is 1. The van der Waals surface area contributed by atoms with Crippen LogP contribution in [0.15, 0.2) is 0 Å². The van der Waals surface area contributed by atoms with Crippen LogP contribution in [0, 0.1) is 5.41 Å². The highest BCUT2D eigenvalue weighted by molar-refractivity contribution is 5.83. The molecule has 5 nitrogen and oxygen atoms in total. The minimum absolute atomic E-state index is 0.112. The number of hydrogen-bond donors (Lipinski definition) is 3. The molecule has 0 aliphatic rings. The minimum atomic E-state index is -1.05. The maximum Gasteiger partial charge on any atom is 0.309 e. The lowest BCUT2D eigenvalue weighted by Gasteiger charge is -2.16. The Morgan fingerprint density at radius 3 is 2.27 bits per heavy atom. The third-order valence-corrected chi connectivity index (χ3v) is 1.34. The summed E-state index contributed by atoms with van der Waals surface area (Å²) in [4.78, 5) is 21.1. The second-order valence-corrected chi connectivity index (χ2v) is 2.93. The fourth-order valence-electron chi connectivity index (χ4n) is 0.528. The van der Waals surface area contributed by atoms with Crippen LogP contribution < -0.4 is 11.3 Å². The SMILES string of the molecule is CC(C)(CC(=O)NN)C(=O)O. The molecule has 0 atom stereocenters. The summed E-state index contributed by atoms with van der Waals surface area (Å²) in [6, 6.07) is 0. The Morgan fingerprint density at radius 2 is 2.00 bits per heavy atom. The highest BCUT2D eigenvalue weighted by Crippen LogP contribution is 2.19. The van der Waals surface area contributed by atoms with Gasteiger partial charge in [0, 0.05) is 6.42 Å². The van der Waals surface area contributed by atoms with Gasteiger partial charge in [0.2, 0.25) is 5.91 Å². The number of carboxylic acids is 1. The fourth-order valence-corrected chi connectivity index (χ4v) is 0.528. The molecule has 11 heavy (non-hydrogen) atoms. The van der Waals surface area contributed by atoms with Gasteiger partial charge in [0.25, 0.3) is 0 Å². The molecule has 1 amide bonds. The van der Waals surface area contributed by atoms with Crippen LogP contribution in [0.4, 0.5) is 0 Å². The number of nitrogens with one attached hydrogen (secondary N) is 1. The van der Waals surface area contributed by atoms with Gasteiger partial charge in [0.1, 0.15) is 0 Å². The third-order valence-electron chi connectivity index (χ3n) is 1.34. The van der Waals surface area contributed by atoms with Crippen LogP contribution >= 0.6 is 0 Å². The van der Waals surface area contributed by atoms with Crippen molar-refractivity contribution in [3.8, 4) is 0 Å². The zero-order valence-corrected chi connectivity index (χ0v) is 6.55. The molecule has 0 saturated heterocycles. The standard InChI is InChI=1S/C6H12N2O3/c1-6(2,5(10)11)3-4(9)8-7/h3,7H2,1-2H3,(H,8,9)(H,10,11). The summed E-state index contributed by atoms with van der Waals surface area (Å²) in [5.41, 5.74) is 0.822. The van der Waals surface area contributed by atoms with Gasteiger partial charge >= 0.3 is 5.97 Å². The minimum Gasteiger partial charge on any atom is -0.481 e. The molecule has 0 spiro atoms. The lowest BCUT2D eigenvalue weighted by molar-refractivity contribution is -0.149. The molecule has 0 aromatic heterocycles. The molecule has 0 radical (unpaired) electrons. The number of amides is 1. The van der Waals surface area contributed by atoms with E-state index in [1.165, 1.54) is 13.8 Å². The highest BCUT2D eigenvalue weighted by atomic mass is 16.4. The highest BCUT2D eigenvalue weighted by Gasteiger charge is 2.29. The maximum absolute atomic E-state index is 10.6. The van der Waals surface area contributed by atoms with Crippen molar-refractivity contribution in [2.24, 2.45) is 11.3 Å². The molecule has 0 aliphatic heterocycles. The van der Waals surface area contributed by atoms with Crippen LogP contribution in [-0.4, -0.2) is 17.0 Å². The zero-order chi connectivity index (χ0) is 9.07. The maximum atomic E-state index is 10.6. The summed E-state index contributed by atoms with van der Waals surface area (Å²) in [5, 5.41) is 8.56. The molecule has 0 saturated carbocycles. The number of nitrogens with two attached hydrogens (primary N) is 1. The Bertz CT molecular complexity index is 177. The van der Waals surface area contributed by atoms with Gasteiger partial charge in [-0.05, 0) is 13.8 Å². The summed E-state index contributed by atoms with van der Waals surface area (Å²) in [5.74, 6) is 3.30. The van der Waals surface area contributed by atoms with E-state index >= 15 is 0 Å². The van der Waals surface area contributed by atoms with E-state index in [-0.39, 0.29) is 6.42 Å². The molecule has 4 N–H and O–H groups in total. The molecule has 64 valence electrons. The zero-order valence-electron chi connectivity index (χ0n) is 6.55. The molecule has 0 aromatic carbocycles. The van der Waals surface area contributed by atoms with Crippen LogP contribution in [0.5, 0.6) is 0 Å². The lowest BCUT2D eigenvalue weighted by atomic mass is 9.89. The van der Waals surface area contributed by atoms with Gasteiger partial charge < -0.3 is 5.11 Å². The first-order valence-corrected chi connectivity index (χ1v) is 3.13. The monoisotopic (exact) mass is 160 g/mol. The van der Waals surface area contributed by atoms with Crippen LogP contribution in [0.3, 0.4) is 0 Å². The first-order valence-electron chi connectivity index (χ1n) is 3.13. The van der Waals surface area contributed by atoms with Crippen molar-refractivity contribution in [2.45, 2.75) is 20.3 Å². The molecule has 5 heteroatoms. The average molecular weight is 160 g/mol. The lowest BCUT2D eigenvalue weighted by Crippen LogP contribution is -2.36. The molecule has 0 rings (SSSR count). The van der Waals surface area contributed by atoms with Crippen molar-refractivity contribution < 1.29 is 14.7 Å². The topological polar surface area (TPSA) is 92.4 Å². The van der Waals surface area contributed by atoms with E-state index in [1.807, 2.05) is 5.43 Å². The Kier molecular flexibility index (Phi) is 3.00. The normalized spacial score (nSPS) is 10.8. The molecule has 0 unspecified atom stereocenters. The van der Waals surface area contributed by atoms with Gasteiger partial charge in [-0.1, -0.05) is 0 Å². The van der Waals surface area contributed by atoms with Crippen LogP contribution in [0.25, 0.3) is 0 Å². The first-order chi connectivity index (χ1) is 4.90. The number of carboxylic acid groups (broad SMARTS) is 1. The number of rotatable bonds is 3. The van der Waals surface area contributed by atoms with Gasteiger partial charge in [0.15, 0.2) is 0 Å². The van der Waals surface area contributed by atoms with E-state index in [0.717, 1.165) is 0 Å². The Morgan fingerprint density at radius 1 is 1.55 bits per heavy atom. The summed E-state index contributed by atoms with van der Waals surface area (Å²) in [7, 11) is 0. The van der Waals surface area contributed by atoms with Crippen LogP contribution in [-0.2, 0) is 9.59 Å². The molecule has 0 aliphatic carbocycles. The number of hydrogen-bond acceptors (Lipinski definition) is 3. The largest absolute Gasteiger partial charge is 0.481 e. The predicted octanol–water partition coefficient (Wildman–Crippen LogP) is -0.523. The van der Waals surface area contributed by atoms with E-state index in [4.69, 9.17) is 10.9 Å². The molecular weight excluding hydrogens is 148 g/mol. The van der Waals surface area contributed by atoms with Gasteiger partial charge in [-0.2, -0.15) is 0 Å². The molecule has 0 fully saturated rings. The summed E-state index contributed by atoms with van der Waals surface area (Å²) in [6.45, 7) is 2.93. The fraction of sp³-hybridized carbons (Fsp3) is 0.667. The van der Waals surface area contributed by atoms with Gasteiger partial charge in [-0.15, -0.1) is 0 Å². The molecule has 0 bridgehead atoms. The Labute approximate surface area is 64.5 Å². The second-order valence-electron chi connectivity index (χ2n) is 2.93. The molecular formula is C6H12N2O3. The van der Waals surface area contributed by atoms with Gasteiger partial charge in [-0.3, -0.25) is 15.0 Å². The van der Waals surface area contributed by atoms with E-state index in [2.05, 4.69) is 0 Å². The van der Waals surface area contributed by atoms with Crippen molar-refractivity contribution in [1.29, 1.82) is 0 Å². The molecule has 0 heterocycles. The Hall–Kier alpha value is -1.10. The van der Waals surface area contributed by atoms with E-state index in [0.29, 0.717) is 0 Å². The predicted molar refractivity (Wildman–Crippen MR) is 38.4 cm³/mol. The van der Waals surface area contributed by atoms with E-state index in [9.17, 15) is 9.59 Å². The quantitative estimate of drug-likeness (QED) is 0.294. The van der Waals surface area contributed by atoms with Crippen molar-refractivity contribution in [1.82, 2.24) is 5.43 Å². The summed E-state index contributed by atoms with van der Waals surface area (Å²) in [6.07, 6.45) is -0.112. The average Bonchev–Trinajstić information content (AvgIpc) is 1.86. The van der Waals surface area contributed by atoms with Crippen LogP contribution in [0.2, 0.25) is 0 Å². The van der Waals surface area contributed by atoms with E-state index in [1.54, 1.807) is 0 Å². The Balaban J connectivity index is 4.12. The summed E-state index contributed by atoms with van der Waals surface area (Å²) >= 11 is 0. The number of carbonyl (C=O) groups excluding carboxylic acids is 1. The van der Waals surface area contributed by atoms with Crippen molar-refractivity contribution >= 4 is 11.9 Å². The van der Waals surface area contributed by atoms with E-state index < -0.39 is 17.3 Å². The van der Waals surface area contributed by atoms with Crippen LogP contribution in [0.1, 0.15) is 20.3 Å². The van der Waals surface area contributed by atoms with Crippen molar-refractivity contribution in [2.75, 3.05) is 0 Å². The van der Waals surface area contributed by atoms with Crippen molar-refractivity contribution in [3.63, 3.8) is 0 Å². The number of carbonyl (C=O) groups is 2. The summed E-state index contributed by atoms with van der Waals surface area (Å²) < 4.78 is 0. The third kappa shape index (κ3) is 2.99. The number of hydrazine groups is 1. The first kappa shape index (κ1) is 9.90. The van der Waals surface area contributed by atoms with Gasteiger partial charge in [-0.25, -0.2) is 5.84 Å². The van der Waals surface area contributed by atoms with Gasteiger partial charge in [0.05, 0.1) is 5.41 Å². The smallest absolute Gasteiger partial charge is 0.309 e. The second kappa shape index (κ2) is 3.34. The van der Waals surface area contributed by atoms with Crippen molar-refractivity contribution in [3.05, 3.63) is 0 Å². The molecule has 0 aromatic rings.